The zero-order valence-corrected chi connectivity index (χ0v) is 43.5. The minimum absolute atomic E-state index is 0.00512. The zero-order valence-electron chi connectivity index (χ0n) is 41.9. The van der Waals surface area contributed by atoms with Gasteiger partial charge in [-0.2, -0.15) is 23.5 Å². The Kier molecular flexibility index (Phi) is 28.1. The first-order valence-electron chi connectivity index (χ1n) is 23.6. The summed E-state index contributed by atoms with van der Waals surface area (Å²) in [6, 6.07) is 17.5. The number of hydrogen-bond acceptors (Lipinski definition) is 17. The Morgan fingerprint density at radius 2 is 1.04 bits per heavy atom. The van der Waals surface area contributed by atoms with Crippen LogP contribution in [0.5, 0.6) is 0 Å². The fourth-order valence-electron chi connectivity index (χ4n) is 7.22. The number of tetrazole rings is 2. The maximum absolute atomic E-state index is 13.0. The molecule has 390 valence electrons. The molecule has 0 saturated carbocycles. The fourth-order valence-corrected chi connectivity index (χ4v) is 8.17. The summed E-state index contributed by atoms with van der Waals surface area (Å²) in [7, 11) is 1.32. The van der Waals surface area contributed by atoms with Gasteiger partial charge in [-0.1, -0.05) is 101 Å². The Hall–Kier alpha value is -5.98. The highest BCUT2D eigenvalue weighted by Crippen LogP contribution is 2.15. The molecule has 0 unspecified atom stereocenters. The third-order valence-corrected chi connectivity index (χ3v) is 12.9. The molecule has 4 amide bonds. The highest BCUT2D eigenvalue weighted by molar-refractivity contribution is 7.98. The Bertz CT molecular complexity index is 2150. The van der Waals surface area contributed by atoms with Crippen LogP contribution in [0.3, 0.4) is 0 Å². The number of rotatable bonds is 32. The van der Waals surface area contributed by atoms with Gasteiger partial charge in [0.15, 0.2) is 0 Å². The van der Waals surface area contributed by atoms with Crippen LogP contribution in [0.15, 0.2) is 73.3 Å². The van der Waals surface area contributed by atoms with E-state index in [4.69, 9.17) is 4.74 Å². The summed E-state index contributed by atoms with van der Waals surface area (Å²) in [6.07, 6.45) is 9.12. The number of thioether (sulfide) groups is 2. The van der Waals surface area contributed by atoms with Crippen molar-refractivity contribution in [2.45, 2.75) is 104 Å². The number of benzene rings is 2. The minimum Gasteiger partial charge on any atom is -0.480 e. The molecule has 6 atom stereocenters. The predicted molar refractivity (Wildman–Crippen MR) is 271 cm³/mol. The minimum atomic E-state index is -1.05. The number of carboxylic acids is 1. The van der Waals surface area contributed by atoms with Gasteiger partial charge in [0.2, 0.25) is 23.6 Å². The van der Waals surface area contributed by atoms with E-state index in [0.29, 0.717) is 44.8 Å². The summed E-state index contributed by atoms with van der Waals surface area (Å²) in [5.41, 5.74) is 2.06. The average molecular weight is 1030 g/mol. The van der Waals surface area contributed by atoms with Crippen molar-refractivity contribution in [2.75, 3.05) is 57.3 Å². The number of methoxy groups -OCH3 is 1. The van der Waals surface area contributed by atoms with E-state index in [1.54, 1.807) is 11.8 Å². The van der Waals surface area contributed by atoms with Gasteiger partial charge in [0.05, 0.1) is 20.2 Å². The smallest absolute Gasteiger partial charge is 0.328 e. The molecule has 0 fully saturated rings. The number of aliphatic carboxylic acids is 1. The third kappa shape index (κ3) is 23.7. The molecular weight excluding hydrogens is 953 g/mol. The molecule has 0 bridgehead atoms. The molecule has 0 aliphatic rings. The largest absolute Gasteiger partial charge is 0.480 e. The molecule has 24 heteroatoms. The lowest BCUT2D eigenvalue weighted by atomic mass is 9.98. The van der Waals surface area contributed by atoms with E-state index in [2.05, 4.69) is 66.2 Å². The van der Waals surface area contributed by atoms with Gasteiger partial charge in [0.1, 0.15) is 37.8 Å². The van der Waals surface area contributed by atoms with E-state index < -0.39 is 24.0 Å². The van der Waals surface area contributed by atoms with Crippen molar-refractivity contribution in [1.82, 2.24) is 71.5 Å². The number of ether oxygens (including phenoxy) is 1. The first-order valence-corrected chi connectivity index (χ1v) is 26.4. The second kappa shape index (κ2) is 33.6. The van der Waals surface area contributed by atoms with Crippen molar-refractivity contribution in [3.8, 4) is 0 Å². The average Bonchev–Trinajstić information content (AvgIpc) is 4.08. The Labute approximate surface area is 424 Å². The van der Waals surface area contributed by atoms with Crippen molar-refractivity contribution in [1.29, 1.82) is 0 Å². The number of carbonyl (C=O) groups excluding carboxylic acids is 5. The van der Waals surface area contributed by atoms with E-state index in [1.807, 2.05) is 96.8 Å². The monoisotopic (exact) mass is 1020 g/mol. The molecule has 2 aromatic heterocycles. The summed E-state index contributed by atoms with van der Waals surface area (Å²) in [5.74, 6) is -0.923. The van der Waals surface area contributed by atoms with Gasteiger partial charge in [-0.15, -0.1) is 10.2 Å². The Morgan fingerprint density at radius 3 is 1.39 bits per heavy atom. The van der Waals surface area contributed by atoms with Crippen molar-refractivity contribution in [3.63, 3.8) is 0 Å². The number of hydrogen-bond donors (Lipinski definition) is 5. The van der Waals surface area contributed by atoms with Crippen molar-refractivity contribution >= 4 is 59.1 Å². The van der Waals surface area contributed by atoms with Crippen molar-refractivity contribution in [2.24, 2.45) is 11.8 Å². The van der Waals surface area contributed by atoms with Crippen LogP contribution in [0.1, 0.15) is 64.5 Å². The van der Waals surface area contributed by atoms with E-state index in [-0.39, 0.29) is 73.7 Å². The van der Waals surface area contributed by atoms with Gasteiger partial charge in [-0.05, 0) is 80.7 Å². The van der Waals surface area contributed by atoms with E-state index >= 15 is 0 Å². The van der Waals surface area contributed by atoms with Crippen LogP contribution in [-0.4, -0.2) is 172 Å². The van der Waals surface area contributed by atoms with Crippen LogP contribution in [0.2, 0.25) is 0 Å². The number of nitrogens with zero attached hydrogens (tertiary/aromatic N) is 10. The van der Waals surface area contributed by atoms with Crippen LogP contribution in [-0.2, 0) is 59.7 Å². The lowest BCUT2D eigenvalue weighted by molar-refractivity contribution is -0.145. The van der Waals surface area contributed by atoms with Crippen LogP contribution in [0.25, 0.3) is 0 Å². The van der Waals surface area contributed by atoms with Gasteiger partial charge in [-0.3, -0.25) is 29.0 Å². The molecule has 2 heterocycles. The maximum atomic E-state index is 13.0. The number of nitrogens with one attached hydrogen (secondary N) is 4. The molecule has 0 spiro atoms. The lowest BCUT2D eigenvalue weighted by Crippen LogP contribution is -2.51. The normalized spacial score (nSPS) is 13.6. The van der Waals surface area contributed by atoms with Crippen molar-refractivity contribution in [3.05, 3.63) is 84.4 Å². The molecule has 22 nitrogen and oxygen atoms in total. The third-order valence-electron chi connectivity index (χ3n) is 11.6. The molecule has 0 aliphatic carbocycles. The number of carbonyl (C=O) groups is 6. The second-order valence-corrected chi connectivity index (χ2v) is 19.1. The predicted octanol–water partition coefficient (Wildman–Crippen LogP) is 2.15. The molecular formula is C47H72N14O8S2. The first kappa shape index (κ1) is 59.3. The molecule has 0 aliphatic heterocycles. The number of esters is 1. The molecule has 5 N–H and O–H groups in total. The molecule has 2 aromatic carbocycles. The quantitative estimate of drug-likeness (QED) is 0.0439. The van der Waals surface area contributed by atoms with E-state index in [1.165, 1.54) is 40.9 Å². The summed E-state index contributed by atoms with van der Waals surface area (Å²) in [6.45, 7) is 10.2. The Balaban J connectivity index is 0.000000375. The summed E-state index contributed by atoms with van der Waals surface area (Å²) in [5, 5.41) is 42.8. The highest BCUT2D eigenvalue weighted by Gasteiger charge is 2.28. The molecule has 4 aromatic rings. The van der Waals surface area contributed by atoms with Gasteiger partial charge in [-0.25, -0.2) is 19.0 Å². The maximum Gasteiger partial charge on any atom is 0.328 e. The van der Waals surface area contributed by atoms with Crippen LogP contribution in [0.4, 0.5) is 0 Å². The van der Waals surface area contributed by atoms with Crippen LogP contribution < -0.4 is 21.3 Å². The summed E-state index contributed by atoms with van der Waals surface area (Å²) < 4.78 is 7.58. The van der Waals surface area contributed by atoms with Gasteiger partial charge in [0.25, 0.3) is 0 Å². The molecule has 71 heavy (non-hydrogen) atoms. The molecule has 0 radical (unpaired) electrons. The van der Waals surface area contributed by atoms with E-state index in [0.717, 1.165) is 29.7 Å². The van der Waals surface area contributed by atoms with Crippen LogP contribution >= 0.6 is 23.5 Å². The standard InChI is InChI=1S/C24H37N7O4S.C23H35N7O4S/c1-5-18(2)21(27-23(33)16-31-17-25-28-29-31)14-30(13-19-9-7-6-8-10-19)15-22(32)26-20(11-12-36-4)24(34)35-3;1-4-17(2)20(26-22(32)15-30-16-24-27-28-30)13-29(12-18-8-6-5-7-9-18)14-21(31)25-19(23(33)34)10-11-35-3/h6-10,17-18,20-21H,5,11-16H2,1-4H3,(H,26,32)(H,27,33);5-9,16-17,19-20H,4,10-15H2,1-3H3,(H,25,31)(H,26,32)(H,33,34)/t18-,20-,21+;17-,19-,20+/m00/s1. The van der Waals surface area contributed by atoms with Crippen LogP contribution in [0, 0.1) is 11.8 Å². The lowest BCUT2D eigenvalue weighted by Gasteiger charge is -2.31. The molecule has 4 rings (SSSR count). The van der Waals surface area contributed by atoms with E-state index in [9.17, 15) is 33.9 Å². The summed E-state index contributed by atoms with van der Waals surface area (Å²) >= 11 is 3.13. The summed E-state index contributed by atoms with van der Waals surface area (Å²) in [4.78, 5) is 78.8. The SMILES string of the molecule is CC[C@H](C)[C@@H](CN(CC(=O)N[C@@H](CCSC)C(=O)O)Cc1ccccc1)NC(=O)Cn1cnnn1.CC[C@H](C)[C@@H](CN(CC(=O)N[C@@H](CCSC)C(=O)OC)Cc1ccccc1)NC(=O)Cn1cnnn1. The zero-order chi connectivity index (χ0) is 52.0. The second-order valence-electron chi connectivity index (χ2n) is 17.1. The highest BCUT2D eigenvalue weighted by atomic mass is 32.2. The van der Waals surface area contributed by atoms with Gasteiger partial charge < -0.3 is 31.1 Å². The first-order chi connectivity index (χ1) is 34.2. The molecule has 0 saturated heterocycles. The topological polar surface area (TPSA) is 274 Å². The Morgan fingerprint density at radius 1 is 0.634 bits per heavy atom. The number of aromatic nitrogens is 8. The van der Waals surface area contributed by atoms with Gasteiger partial charge in [0, 0.05) is 38.3 Å². The number of amides is 4. The van der Waals surface area contributed by atoms with Crippen molar-refractivity contribution < 1.29 is 38.6 Å². The van der Waals surface area contributed by atoms with Gasteiger partial charge >= 0.3 is 11.9 Å². The fraction of sp³-hybridized carbons (Fsp3) is 0.574. The number of carboxylic acid groups (broad SMARTS) is 1.